The van der Waals surface area contributed by atoms with Crippen molar-refractivity contribution in [1.82, 2.24) is 0 Å². The molecule has 0 aromatic heterocycles. The first-order valence-electron chi connectivity index (χ1n) is 5.98. The van der Waals surface area contributed by atoms with Crippen LogP contribution in [0.5, 0.6) is 11.5 Å². The van der Waals surface area contributed by atoms with Crippen molar-refractivity contribution in [2.75, 3.05) is 0 Å². The van der Waals surface area contributed by atoms with E-state index in [2.05, 4.69) is 0 Å². The molecule has 2 aromatic rings. The number of benzene rings is 2. The van der Waals surface area contributed by atoms with Gasteiger partial charge in [0.25, 0.3) is 10.1 Å². The van der Waals surface area contributed by atoms with Crippen LogP contribution in [-0.4, -0.2) is 34.8 Å². The minimum atomic E-state index is -4.88. The number of aromatic hydroxyl groups is 2. The molecule has 0 aliphatic heterocycles. The maximum absolute atomic E-state index is 12.4. The molecular formula is C14H9NaO7S. The van der Waals surface area contributed by atoms with E-state index in [0.717, 1.165) is 0 Å². The summed E-state index contributed by atoms with van der Waals surface area (Å²) in [6.07, 6.45) is 0. The fourth-order valence-corrected chi connectivity index (χ4v) is 3.04. The van der Waals surface area contributed by atoms with Gasteiger partial charge in [-0.2, -0.15) is 8.42 Å². The number of phenols is 2. The Labute approximate surface area is 154 Å². The molecule has 0 spiro atoms. The molecule has 0 amide bonds. The van der Waals surface area contributed by atoms with Crippen LogP contribution in [0, 0.1) is 0 Å². The molecule has 0 radical (unpaired) electrons. The second-order valence-corrected chi connectivity index (χ2v) is 6.06. The first kappa shape index (κ1) is 17.6. The Bertz CT molecular complexity index is 969. The van der Waals surface area contributed by atoms with Gasteiger partial charge in [-0.3, -0.25) is 14.1 Å². The molecule has 114 valence electrons. The van der Waals surface area contributed by atoms with Gasteiger partial charge in [0.05, 0.1) is 11.1 Å². The van der Waals surface area contributed by atoms with Crippen LogP contribution in [0.4, 0.5) is 0 Å². The van der Waals surface area contributed by atoms with E-state index in [9.17, 15) is 28.2 Å². The molecule has 23 heavy (non-hydrogen) atoms. The van der Waals surface area contributed by atoms with Gasteiger partial charge < -0.3 is 11.6 Å². The fourth-order valence-electron chi connectivity index (χ4n) is 2.43. The van der Waals surface area contributed by atoms with Gasteiger partial charge >= 0.3 is 29.6 Å². The van der Waals surface area contributed by atoms with Crippen LogP contribution in [-0.2, 0) is 10.1 Å². The molecule has 0 atom stereocenters. The molecule has 0 fully saturated rings. The molecule has 9 heteroatoms. The molecule has 0 unspecified atom stereocenters. The molecule has 0 bridgehead atoms. The molecule has 1 aliphatic carbocycles. The quantitative estimate of drug-likeness (QED) is 0.271. The molecule has 2 aromatic carbocycles. The van der Waals surface area contributed by atoms with Crippen LogP contribution in [0.25, 0.3) is 0 Å². The summed E-state index contributed by atoms with van der Waals surface area (Å²) >= 11 is 0. The van der Waals surface area contributed by atoms with Crippen LogP contribution >= 0.6 is 0 Å². The van der Waals surface area contributed by atoms with E-state index in [1.54, 1.807) is 0 Å². The van der Waals surface area contributed by atoms with Gasteiger partial charge in [-0.1, -0.05) is 24.3 Å². The second kappa shape index (κ2) is 5.73. The predicted octanol–water partition coefficient (Wildman–Crippen LogP) is -1.76. The SMILES string of the molecule is O=C1c2ccccc2C(=O)c2c(O)c(S(=O)(=O)O)cc(O)c21.[H-].[Na+]. The Balaban J connectivity index is 0.00000144. The zero-order chi connectivity index (χ0) is 16.2. The number of ketones is 2. The molecule has 3 N–H and O–H groups in total. The summed E-state index contributed by atoms with van der Waals surface area (Å²) < 4.78 is 31.5. The number of carbonyl (C=O) groups is 2. The summed E-state index contributed by atoms with van der Waals surface area (Å²) in [7, 11) is -4.88. The molecule has 0 saturated carbocycles. The normalized spacial score (nSPS) is 13.1. The van der Waals surface area contributed by atoms with Crippen LogP contribution in [0.2, 0.25) is 0 Å². The predicted molar refractivity (Wildman–Crippen MR) is 74.0 cm³/mol. The largest absolute Gasteiger partial charge is 1.00 e. The van der Waals surface area contributed by atoms with Crippen LogP contribution in [0.1, 0.15) is 33.3 Å². The molecule has 1 aliphatic rings. The number of hydrogen-bond acceptors (Lipinski definition) is 6. The Morgan fingerprint density at radius 1 is 0.913 bits per heavy atom. The number of hydrogen-bond donors (Lipinski definition) is 3. The first-order chi connectivity index (χ1) is 10.2. The summed E-state index contributed by atoms with van der Waals surface area (Å²) in [6.45, 7) is 0. The van der Waals surface area contributed by atoms with E-state index in [4.69, 9.17) is 4.55 Å². The number of rotatable bonds is 1. The van der Waals surface area contributed by atoms with Crippen molar-refractivity contribution in [2.24, 2.45) is 0 Å². The van der Waals surface area contributed by atoms with Gasteiger partial charge in [-0.25, -0.2) is 0 Å². The topological polar surface area (TPSA) is 129 Å². The molecule has 7 nitrogen and oxygen atoms in total. The van der Waals surface area contributed by atoms with Crippen LogP contribution in [0.15, 0.2) is 35.2 Å². The smallest absolute Gasteiger partial charge is 1.00 e. The zero-order valence-corrected chi connectivity index (χ0v) is 14.6. The summed E-state index contributed by atoms with van der Waals surface area (Å²) in [5, 5.41) is 19.9. The van der Waals surface area contributed by atoms with Crippen molar-refractivity contribution >= 4 is 21.7 Å². The molecule has 0 heterocycles. The Morgan fingerprint density at radius 2 is 1.39 bits per heavy atom. The van der Waals surface area contributed by atoms with E-state index in [0.29, 0.717) is 6.07 Å². The summed E-state index contributed by atoms with van der Waals surface area (Å²) in [5.41, 5.74) is -1.12. The van der Waals surface area contributed by atoms with Gasteiger partial charge in [0.2, 0.25) is 0 Å². The molecule has 0 saturated heterocycles. The average molecular weight is 344 g/mol. The monoisotopic (exact) mass is 344 g/mol. The third kappa shape index (κ3) is 2.58. The van der Waals surface area contributed by atoms with Crippen LogP contribution < -0.4 is 29.6 Å². The number of carbonyl (C=O) groups excluding carboxylic acids is 2. The Kier molecular flexibility index (Phi) is 4.40. The van der Waals surface area contributed by atoms with Crippen LogP contribution in [0.3, 0.4) is 0 Å². The van der Waals surface area contributed by atoms with Crippen molar-refractivity contribution in [3.63, 3.8) is 0 Å². The standard InChI is InChI=1S/C14H8O7S.Na.H/c15-8-5-9(22(19,20)21)14(18)11-10(8)12(16)6-3-1-2-4-7(6)13(11)17;;/h1-5,15,18H,(H,19,20,21);;/q;+1;-1. The van der Waals surface area contributed by atoms with Gasteiger partial charge in [0.1, 0.15) is 16.4 Å². The van der Waals surface area contributed by atoms with Gasteiger partial charge in [0, 0.05) is 17.2 Å². The van der Waals surface area contributed by atoms with E-state index in [1.165, 1.54) is 24.3 Å². The maximum atomic E-state index is 12.4. The zero-order valence-electron chi connectivity index (χ0n) is 12.8. The third-order valence-corrected chi connectivity index (χ3v) is 4.26. The third-order valence-electron chi connectivity index (χ3n) is 3.39. The minimum Gasteiger partial charge on any atom is -1.00 e. The first-order valence-corrected chi connectivity index (χ1v) is 7.42. The van der Waals surface area contributed by atoms with Crippen molar-refractivity contribution in [1.29, 1.82) is 0 Å². The van der Waals surface area contributed by atoms with E-state index in [-0.39, 0.29) is 42.1 Å². The van der Waals surface area contributed by atoms with Gasteiger partial charge in [-0.05, 0) is 0 Å². The maximum Gasteiger partial charge on any atom is 1.00 e. The number of fused-ring (bicyclic) bond motifs is 2. The van der Waals surface area contributed by atoms with Crippen molar-refractivity contribution in [3.05, 3.63) is 52.6 Å². The van der Waals surface area contributed by atoms with E-state index < -0.39 is 49.2 Å². The van der Waals surface area contributed by atoms with Gasteiger partial charge in [0.15, 0.2) is 11.6 Å². The summed E-state index contributed by atoms with van der Waals surface area (Å²) in [5.74, 6) is -3.42. The van der Waals surface area contributed by atoms with Crippen molar-refractivity contribution in [2.45, 2.75) is 4.90 Å². The average Bonchev–Trinajstić information content (AvgIpc) is 2.45. The molecule has 3 rings (SSSR count). The van der Waals surface area contributed by atoms with Crippen molar-refractivity contribution in [3.8, 4) is 11.5 Å². The summed E-state index contributed by atoms with van der Waals surface area (Å²) in [4.78, 5) is 23.7. The van der Waals surface area contributed by atoms with Crippen molar-refractivity contribution < 1.29 is 63.8 Å². The Morgan fingerprint density at radius 3 is 1.87 bits per heavy atom. The second-order valence-electron chi connectivity index (χ2n) is 4.67. The van der Waals surface area contributed by atoms with E-state index in [1.807, 2.05) is 0 Å². The number of phenolic OH excluding ortho intramolecular Hbond substituents is 2. The Hall–Kier alpha value is -1.71. The fraction of sp³-hybridized carbons (Fsp3) is 0. The summed E-state index contributed by atoms with van der Waals surface area (Å²) in [6, 6.07) is 6.28. The molecular weight excluding hydrogens is 335 g/mol. The minimum absolute atomic E-state index is 0. The van der Waals surface area contributed by atoms with Gasteiger partial charge in [-0.15, -0.1) is 0 Å². The van der Waals surface area contributed by atoms with E-state index >= 15 is 0 Å².